The van der Waals surface area contributed by atoms with Gasteiger partial charge >= 0.3 is 0 Å². The number of hydrogen-bond donors (Lipinski definition) is 2. The first kappa shape index (κ1) is 13.5. The summed E-state index contributed by atoms with van der Waals surface area (Å²) < 4.78 is 0.893. The van der Waals surface area contributed by atoms with E-state index in [1.54, 1.807) is 0 Å². The summed E-state index contributed by atoms with van der Waals surface area (Å²) in [7, 11) is 0. The maximum absolute atomic E-state index is 12.1. The highest BCUT2D eigenvalue weighted by molar-refractivity contribution is 9.10. The summed E-state index contributed by atoms with van der Waals surface area (Å²) in [5.74, 6) is 0.208. The molecule has 0 heterocycles. The van der Waals surface area contributed by atoms with Gasteiger partial charge in [0.05, 0.1) is 5.69 Å². The van der Waals surface area contributed by atoms with E-state index in [0.717, 1.165) is 30.2 Å². The van der Waals surface area contributed by atoms with Crippen LogP contribution in [0, 0.1) is 5.92 Å². The van der Waals surface area contributed by atoms with Crippen molar-refractivity contribution in [2.45, 2.75) is 25.7 Å². The molecule has 0 unspecified atom stereocenters. The quantitative estimate of drug-likeness (QED) is 0.838. The third kappa shape index (κ3) is 3.09. The van der Waals surface area contributed by atoms with Gasteiger partial charge in [-0.05, 0) is 31.0 Å². The number of halogens is 1. The largest absolute Gasteiger partial charge is 0.389 e. The van der Waals surface area contributed by atoms with Crippen molar-refractivity contribution < 1.29 is 4.79 Å². The number of nitrogens with two attached hydrogens (primary N) is 1. The minimum atomic E-state index is 0.0762. The first-order valence-electron chi connectivity index (χ1n) is 5.98. The predicted octanol–water partition coefficient (Wildman–Crippen LogP) is 3.21. The molecule has 5 heteroatoms. The number of amides is 1. The van der Waals surface area contributed by atoms with Crippen LogP contribution >= 0.6 is 28.1 Å². The van der Waals surface area contributed by atoms with E-state index in [1.807, 2.05) is 18.2 Å². The third-order valence-corrected chi connectivity index (χ3v) is 3.94. The maximum Gasteiger partial charge on any atom is 0.227 e. The number of carbonyl (C=O) groups excluding carboxylic acids is 1. The first-order chi connectivity index (χ1) is 8.58. The van der Waals surface area contributed by atoms with Gasteiger partial charge in [0.25, 0.3) is 0 Å². The molecular formula is C13H15BrN2OS. The normalized spacial score (nSPS) is 15.6. The second-order valence-electron chi connectivity index (χ2n) is 4.52. The van der Waals surface area contributed by atoms with Gasteiger partial charge in [0.2, 0.25) is 5.91 Å². The van der Waals surface area contributed by atoms with Crippen molar-refractivity contribution in [1.29, 1.82) is 0 Å². The number of rotatable bonds is 3. The lowest BCUT2D eigenvalue weighted by Gasteiger charge is -2.13. The van der Waals surface area contributed by atoms with Crippen molar-refractivity contribution in [2.24, 2.45) is 11.7 Å². The Morgan fingerprint density at radius 3 is 2.67 bits per heavy atom. The summed E-state index contributed by atoms with van der Waals surface area (Å²) in [5, 5.41) is 2.93. The first-order valence-corrected chi connectivity index (χ1v) is 7.18. The van der Waals surface area contributed by atoms with Gasteiger partial charge in [-0.15, -0.1) is 0 Å². The van der Waals surface area contributed by atoms with Gasteiger partial charge in [0.1, 0.15) is 4.99 Å². The zero-order chi connectivity index (χ0) is 13.1. The molecule has 96 valence electrons. The third-order valence-electron chi connectivity index (χ3n) is 3.23. The monoisotopic (exact) mass is 326 g/mol. The van der Waals surface area contributed by atoms with Crippen LogP contribution in [-0.4, -0.2) is 10.9 Å². The molecule has 0 atom stereocenters. The fraction of sp³-hybridized carbons (Fsp3) is 0.385. The van der Waals surface area contributed by atoms with Crippen molar-refractivity contribution in [1.82, 2.24) is 0 Å². The maximum atomic E-state index is 12.1. The Morgan fingerprint density at radius 2 is 2.06 bits per heavy atom. The summed E-state index contributed by atoms with van der Waals surface area (Å²) in [6.07, 6.45) is 4.23. The summed E-state index contributed by atoms with van der Waals surface area (Å²) in [4.78, 5) is 12.4. The average molecular weight is 327 g/mol. The SMILES string of the molecule is NC(=S)c1cc(Br)ccc1NC(=O)C1CCCC1. The van der Waals surface area contributed by atoms with E-state index in [2.05, 4.69) is 21.2 Å². The van der Waals surface area contributed by atoms with Crippen LogP contribution in [0.2, 0.25) is 0 Å². The van der Waals surface area contributed by atoms with Crippen LogP contribution < -0.4 is 11.1 Å². The van der Waals surface area contributed by atoms with E-state index >= 15 is 0 Å². The van der Waals surface area contributed by atoms with E-state index < -0.39 is 0 Å². The highest BCUT2D eigenvalue weighted by Gasteiger charge is 2.23. The molecule has 1 amide bonds. The molecule has 1 aromatic rings. The van der Waals surface area contributed by atoms with Gasteiger partial charge in [-0.1, -0.05) is 41.0 Å². The van der Waals surface area contributed by atoms with Crippen LogP contribution in [0.25, 0.3) is 0 Å². The fourth-order valence-corrected chi connectivity index (χ4v) is 2.78. The van der Waals surface area contributed by atoms with Gasteiger partial charge in [0, 0.05) is 16.0 Å². The van der Waals surface area contributed by atoms with Crippen molar-refractivity contribution in [3.63, 3.8) is 0 Å². The molecular weight excluding hydrogens is 312 g/mol. The molecule has 2 rings (SSSR count). The molecule has 3 nitrogen and oxygen atoms in total. The van der Waals surface area contributed by atoms with E-state index in [4.69, 9.17) is 18.0 Å². The number of thiocarbonyl (C=S) groups is 1. The van der Waals surface area contributed by atoms with Crippen molar-refractivity contribution in [3.05, 3.63) is 28.2 Å². The molecule has 1 saturated carbocycles. The number of benzene rings is 1. The Bertz CT molecular complexity index is 484. The van der Waals surface area contributed by atoms with E-state index in [1.165, 1.54) is 0 Å². The van der Waals surface area contributed by atoms with Crippen LogP contribution in [0.3, 0.4) is 0 Å². The number of carbonyl (C=O) groups is 1. The van der Waals surface area contributed by atoms with Gasteiger partial charge in [0.15, 0.2) is 0 Å². The standard InChI is InChI=1S/C13H15BrN2OS/c14-9-5-6-11(10(7-9)12(15)18)16-13(17)8-3-1-2-4-8/h5-8H,1-4H2,(H2,15,18)(H,16,17). The van der Waals surface area contributed by atoms with Crippen molar-refractivity contribution >= 4 is 44.7 Å². The lowest BCUT2D eigenvalue weighted by atomic mass is 10.1. The Kier molecular flexibility index (Phi) is 4.35. The molecule has 0 bridgehead atoms. The smallest absolute Gasteiger partial charge is 0.227 e. The Hall–Kier alpha value is -0.940. The van der Waals surface area contributed by atoms with Gasteiger partial charge in [-0.2, -0.15) is 0 Å². The Morgan fingerprint density at radius 1 is 1.39 bits per heavy atom. The Labute approximate surface area is 120 Å². The van der Waals surface area contributed by atoms with Crippen LogP contribution in [0.15, 0.2) is 22.7 Å². The fourth-order valence-electron chi connectivity index (χ4n) is 2.25. The van der Waals surface area contributed by atoms with E-state index in [0.29, 0.717) is 11.3 Å². The highest BCUT2D eigenvalue weighted by atomic mass is 79.9. The van der Waals surface area contributed by atoms with E-state index in [-0.39, 0.29) is 16.8 Å². The van der Waals surface area contributed by atoms with Crippen LogP contribution in [0.1, 0.15) is 31.2 Å². The second kappa shape index (κ2) is 5.80. The van der Waals surface area contributed by atoms with Gasteiger partial charge in [-0.25, -0.2) is 0 Å². The average Bonchev–Trinajstić information content (AvgIpc) is 2.84. The number of hydrogen-bond acceptors (Lipinski definition) is 2. The summed E-state index contributed by atoms with van der Waals surface area (Å²) >= 11 is 8.37. The molecule has 0 spiro atoms. The van der Waals surface area contributed by atoms with Crippen LogP contribution in [0.5, 0.6) is 0 Å². The zero-order valence-corrected chi connectivity index (χ0v) is 12.3. The lowest BCUT2D eigenvalue weighted by molar-refractivity contribution is -0.119. The second-order valence-corrected chi connectivity index (χ2v) is 5.88. The minimum absolute atomic E-state index is 0.0762. The predicted molar refractivity (Wildman–Crippen MR) is 80.6 cm³/mol. The molecule has 1 aromatic carbocycles. The van der Waals surface area contributed by atoms with Crippen LogP contribution in [0.4, 0.5) is 5.69 Å². The minimum Gasteiger partial charge on any atom is -0.389 e. The highest BCUT2D eigenvalue weighted by Crippen LogP contribution is 2.27. The molecule has 0 aromatic heterocycles. The number of anilines is 1. The molecule has 1 aliphatic carbocycles. The summed E-state index contributed by atoms with van der Waals surface area (Å²) in [6, 6.07) is 5.52. The lowest BCUT2D eigenvalue weighted by Crippen LogP contribution is -2.22. The summed E-state index contributed by atoms with van der Waals surface area (Å²) in [5.41, 5.74) is 7.07. The van der Waals surface area contributed by atoms with E-state index in [9.17, 15) is 4.79 Å². The molecule has 0 saturated heterocycles. The Balaban J connectivity index is 2.17. The van der Waals surface area contributed by atoms with Gasteiger partial charge < -0.3 is 11.1 Å². The number of nitrogens with one attached hydrogen (secondary N) is 1. The van der Waals surface area contributed by atoms with Crippen molar-refractivity contribution in [3.8, 4) is 0 Å². The molecule has 1 aliphatic rings. The zero-order valence-electron chi connectivity index (χ0n) is 9.91. The summed E-state index contributed by atoms with van der Waals surface area (Å²) in [6.45, 7) is 0. The molecule has 18 heavy (non-hydrogen) atoms. The van der Waals surface area contributed by atoms with Crippen LogP contribution in [-0.2, 0) is 4.79 Å². The molecule has 1 fully saturated rings. The molecule has 0 radical (unpaired) electrons. The molecule has 3 N–H and O–H groups in total. The molecule has 0 aliphatic heterocycles. The topological polar surface area (TPSA) is 55.1 Å². The van der Waals surface area contributed by atoms with Crippen molar-refractivity contribution in [2.75, 3.05) is 5.32 Å². The van der Waals surface area contributed by atoms with Gasteiger partial charge in [-0.3, -0.25) is 4.79 Å².